The highest BCUT2D eigenvalue weighted by Crippen LogP contribution is 2.49. The van der Waals surface area contributed by atoms with Gasteiger partial charge in [-0.15, -0.1) is 0 Å². The molecule has 2 aliphatic rings. The average molecular weight is 409 g/mol. The Bertz CT molecular complexity index is 959. The number of nitrogens with one attached hydrogen (secondary N) is 1. The third-order valence-electron chi connectivity index (χ3n) is 5.61. The first-order valence-electron chi connectivity index (χ1n) is 9.74. The monoisotopic (exact) mass is 408 g/mol. The maximum Gasteiger partial charge on any atom is 0.317 e. The Hall–Kier alpha value is -2.86. The smallest absolute Gasteiger partial charge is 0.317 e. The van der Waals surface area contributed by atoms with Gasteiger partial charge in [0.25, 0.3) is 0 Å². The van der Waals surface area contributed by atoms with Crippen molar-refractivity contribution in [2.75, 3.05) is 11.5 Å². The van der Waals surface area contributed by atoms with Crippen LogP contribution in [-0.2, 0) is 16.0 Å². The number of fused-ring (bicyclic) bond motifs is 4. The number of para-hydroxylation sites is 1. The molecule has 2 aromatic rings. The van der Waals surface area contributed by atoms with Crippen molar-refractivity contribution in [3.63, 3.8) is 0 Å². The topological polar surface area (TPSA) is 50.8 Å². The maximum absolute atomic E-state index is 13.1. The first-order chi connectivity index (χ1) is 14.0. The molecule has 0 radical (unpaired) electrons. The fourth-order valence-corrected chi connectivity index (χ4v) is 4.60. The van der Waals surface area contributed by atoms with Crippen LogP contribution in [0.2, 0.25) is 0 Å². The van der Waals surface area contributed by atoms with E-state index >= 15 is 0 Å². The molecular formula is C23H24N2O3S. The van der Waals surface area contributed by atoms with Crippen LogP contribution in [0.15, 0.2) is 61.2 Å². The molecule has 0 amide bonds. The molecule has 150 valence electrons. The van der Waals surface area contributed by atoms with E-state index < -0.39 is 11.6 Å². The molecule has 2 aliphatic heterocycles. The molecule has 2 heterocycles. The van der Waals surface area contributed by atoms with Crippen LogP contribution in [0.5, 0.6) is 5.75 Å². The lowest BCUT2D eigenvalue weighted by Crippen LogP contribution is -2.71. The van der Waals surface area contributed by atoms with Gasteiger partial charge in [0, 0.05) is 11.3 Å². The predicted octanol–water partition coefficient (Wildman–Crippen LogP) is 4.14. The number of carbonyl (C=O) groups excluding carboxylic acids is 1. The number of hydrogen-bond acceptors (Lipinski definition) is 4. The molecule has 0 saturated carbocycles. The lowest BCUT2D eigenvalue weighted by molar-refractivity contribution is -0.159. The van der Waals surface area contributed by atoms with Crippen LogP contribution in [0.1, 0.15) is 31.0 Å². The number of hydrogen-bond donors (Lipinski definition) is 1. The minimum atomic E-state index is -1.03. The van der Waals surface area contributed by atoms with E-state index in [1.165, 1.54) is 5.56 Å². The van der Waals surface area contributed by atoms with Gasteiger partial charge in [-0.3, -0.25) is 9.69 Å². The van der Waals surface area contributed by atoms with E-state index in [1.54, 1.807) is 6.08 Å². The van der Waals surface area contributed by atoms with E-state index in [0.717, 1.165) is 23.4 Å². The normalized spacial score (nSPS) is 24.8. The van der Waals surface area contributed by atoms with E-state index in [9.17, 15) is 4.79 Å². The first-order valence-corrected chi connectivity index (χ1v) is 10.2. The molecule has 0 aliphatic carbocycles. The number of thiocarbonyl (C=S) groups is 1. The fourth-order valence-electron chi connectivity index (χ4n) is 4.19. The number of esters is 1. The zero-order valence-corrected chi connectivity index (χ0v) is 17.4. The van der Waals surface area contributed by atoms with Gasteiger partial charge in [-0.2, -0.15) is 0 Å². The minimum absolute atomic E-state index is 0.148. The second-order valence-corrected chi connectivity index (χ2v) is 7.76. The number of benzene rings is 2. The van der Waals surface area contributed by atoms with Crippen molar-refractivity contribution in [1.29, 1.82) is 0 Å². The first kappa shape index (κ1) is 19.5. The third-order valence-corrected chi connectivity index (χ3v) is 5.91. The zero-order valence-electron chi connectivity index (χ0n) is 16.6. The number of ether oxygens (including phenoxy) is 2. The molecule has 1 fully saturated rings. The van der Waals surface area contributed by atoms with Crippen LogP contribution < -0.4 is 15.0 Å². The molecular weight excluding hydrogens is 384 g/mol. The lowest BCUT2D eigenvalue weighted by Gasteiger charge is -2.55. The fraction of sp³-hybridized carbons (Fsp3) is 0.304. The third kappa shape index (κ3) is 3.17. The molecule has 2 bridgehead atoms. The number of nitrogens with zero attached hydrogens (tertiary/aromatic N) is 1. The van der Waals surface area contributed by atoms with Gasteiger partial charge in [-0.1, -0.05) is 49.9 Å². The summed E-state index contributed by atoms with van der Waals surface area (Å²) in [7, 11) is 0. The second kappa shape index (κ2) is 7.52. The van der Waals surface area contributed by atoms with Gasteiger partial charge in [-0.25, -0.2) is 0 Å². The van der Waals surface area contributed by atoms with Crippen LogP contribution in [0.3, 0.4) is 0 Å². The highest BCUT2D eigenvalue weighted by Gasteiger charge is 2.59. The number of rotatable bonds is 5. The molecule has 3 atom stereocenters. The Morgan fingerprint density at radius 1 is 1.31 bits per heavy atom. The molecule has 2 aromatic carbocycles. The van der Waals surface area contributed by atoms with Crippen molar-refractivity contribution in [3.8, 4) is 5.75 Å². The number of aryl methyl sites for hydroxylation is 1. The number of carbonyl (C=O) groups is 1. The van der Waals surface area contributed by atoms with E-state index in [0.29, 0.717) is 5.11 Å². The van der Waals surface area contributed by atoms with Crippen molar-refractivity contribution in [1.82, 2.24) is 5.32 Å². The van der Waals surface area contributed by atoms with E-state index in [1.807, 2.05) is 48.2 Å². The van der Waals surface area contributed by atoms with Gasteiger partial charge in [0.1, 0.15) is 18.3 Å². The summed E-state index contributed by atoms with van der Waals surface area (Å²) in [5, 5.41) is 3.88. The average Bonchev–Trinajstić information content (AvgIpc) is 2.72. The van der Waals surface area contributed by atoms with Gasteiger partial charge < -0.3 is 14.8 Å². The highest BCUT2D eigenvalue weighted by atomic mass is 32.1. The Balaban J connectivity index is 1.83. The van der Waals surface area contributed by atoms with Crippen molar-refractivity contribution in [3.05, 3.63) is 72.3 Å². The van der Waals surface area contributed by atoms with E-state index in [2.05, 4.69) is 31.0 Å². The Morgan fingerprint density at radius 3 is 2.72 bits per heavy atom. The zero-order chi connectivity index (χ0) is 20.6. The van der Waals surface area contributed by atoms with Crippen molar-refractivity contribution in [2.45, 2.75) is 32.0 Å². The van der Waals surface area contributed by atoms with Crippen LogP contribution in [-0.4, -0.2) is 23.4 Å². The van der Waals surface area contributed by atoms with Gasteiger partial charge in [0.15, 0.2) is 5.11 Å². The molecule has 0 aromatic heterocycles. The molecule has 0 unspecified atom stereocenters. The quantitative estimate of drug-likeness (QED) is 0.456. The molecule has 1 N–H and O–H groups in total. The summed E-state index contributed by atoms with van der Waals surface area (Å²) in [5.74, 6) is -0.232. The summed E-state index contributed by atoms with van der Waals surface area (Å²) in [4.78, 5) is 15.0. The van der Waals surface area contributed by atoms with Crippen LogP contribution in [0.4, 0.5) is 5.69 Å². The lowest BCUT2D eigenvalue weighted by atomic mass is 9.79. The Kier molecular flexibility index (Phi) is 5.04. The minimum Gasteiger partial charge on any atom is -0.466 e. The van der Waals surface area contributed by atoms with Gasteiger partial charge in [-0.05, 0) is 49.3 Å². The summed E-state index contributed by atoms with van der Waals surface area (Å²) in [6.45, 7) is 7.80. The summed E-state index contributed by atoms with van der Waals surface area (Å²) < 4.78 is 11.9. The van der Waals surface area contributed by atoms with Crippen LogP contribution in [0.25, 0.3) is 0 Å². The molecule has 6 heteroatoms. The number of anilines is 1. The predicted molar refractivity (Wildman–Crippen MR) is 117 cm³/mol. The van der Waals surface area contributed by atoms with Crippen LogP contribution in [0, 0.1) is 5.92 Å². The van der Waals surface area contributed by atoms with Crippen molar-refractivity contribution < 1.29 is 14.3 Å². The van der Waals surface area contributed by atoms with Gasteiger partial charge >= 0.3 is 5.97 Å². The second-order valence-electron chi connectivity index (χ2n) is 7.37. The molecule has 5 nitrogen and oxygen atoms in total. The van der Waals surface area contributed by atoms with Crippen molar-refractivity contribution >= 4 is 29.0 Å². The molecule has 29 heavy (non-hydrogen) atoms. The summed E-state index contributed by atoms with van der Waals surface area (Å²) in [5.41, 5.74) is 1.95. The molecule has 1 saturated heterocycles. The SMILES string of the molecule is C=CCOC(=O)[C@@H]1[C@@H]2NC(=S)N(c3ccc(CC)cc3)[C@@]1(C)Oc1ccccc12. The summed E-state index contributed by atoms with van der Waals surface area (Å²) >= 11 is 5.72. The van der Waals surface area contributed by atoms with Crippen molar-refractivity contribution in [2.24, 2.45) is 5.92 Å². The largest absolute Gasteiger partial charge is 0.466 e. The summed E-state index contributed by atoms with van der Waals surface area (Å²) in [6, 6.07) is 15.5. The van der Waals surface area contributed by atoms with Crippen LogP contribution >= 0.6 is 12.2 Å². The standard InChI is InChI=1S/C23H24N2O3S/c1-4-14-27-21(26)19-20-17-8-6-7-9-18(17)28-23(19,3)25(22(29)24-20)16-12-10-15(5-2)11-13-16/h4,6-13,19-20H,1,5,14H2,2-3H3,(H,24,29)/t19-,20+,23-/m0/s1. The molecule has 0 spiro atoms. The Labute approximate surface area is 176 Å². The van der Waals surface area contributed by atoms with E-state index in [4.69, 9.17) is 21.7 Å². The maximum atomic E-state index is 13.1. The van der Waals surface area contributed by atoms with Gasteiger partial charge in [0.05, 0.1) is 6.04 Å². The summed E-state index contributed by atoms with van der Waals surface area (Å²) in [6.07, 6.45) is 2.51. The van der Waals surface area contributed by atoms with E-state index in [-0.39, 0.29) is 18.6 Å². The Morgan fingerprint density at radius 2 is 2.03 bits per heavy atom. The van der Waals surface area contributed by atoms with Gasteiger partial charge in [0.2, 0.25) is 5.72 Å². The molecule has 4 rings (SSSR count). The highest BCUT2D eigenvalue weighted by molar-refractivity contribution is 7.80.